The van der Waals surface area contributed by atoms with Crippen LogP contribution < -0.4 is 5.73 Å². The standard InChI is InChI=1S/C13H17N5O/c14-12-11(10-6-2-1-3-7-10)15-16-13(18(12)19)17-8-4-5-9-17/h1-3,6-7,12,19H,4-5,8-9,14H2. The molecular formula is C13H17N5O. The van der Waals surface area contributed by atoms with E-state index in [0.717, 1.165) is 36.6 Å². The van der Waals surface area contributed by atoms with Gasteiger partial charge in [0.05, 0.1) is 0 Å². The van der Waals surface area contributed by atoms with Crippen molar-refractivity contribution in [2.24, 2.45) is 15.9 Å². The Morgan fingerprint density at radius 1 is 1.11 bits per heavy atom. The third-order valence-electron chi connectivity index (χ3n) is 3.45. The van der Waals surface area contributed by atoms with Crippen LogP contribution >= 0.6 is 0 Å². The molecule has 3 rings (SSSR count). The zero-order chi connectivity index (χ0) is 13.2. The minimum Gasteiger partial charge on any atom is -0.339 e. The molecule has 0 bridgehead atoms. The van der Waals surface area contributed by atoms with Crippen LogP contribution in [0.5, 0.6) is 0 Å². The van der Waals surface area contributed by atoms with Crippen LogP contribution in [-0.2, 0) is 0 Å². The molecule has 0 aromatic heterocycles. The number of nitrogens with two attached hydrogens (primary N) is 1. The topological polar surface area (TPSA) is 77.5 Å². The summed E-state index contributed by atoms with van der Waals surface area (Å²) in [4.78, 5) is 2.01. The third-order valence-corrected chi connectivity index (χ3v) is 3.45. The summed E-state index contributed by atoms with van der Waals surface area (Å²) in [5.74, 6) is 0.449. The van der Waals surface area contributed by atoms with E-state index in [-0.39, 0.29) is 0 Å². The molecule has 6 nitrogen and oxygen atoms in total. The van der Waals surface area contributed by atoms with Gasteiger partial charge in [-0.1, -0.05) is 30.3 Å². The maximum absolute atomic E-state index is 10.2. The van der Waals surface area contributed by atoms with Gasteiger partial charge < -0.3 is 10.6 Å². The van der Waals surface area contributed by atoms with Crippen molar-refractivity contribution >= 4 is 11.7 Å². The molecule has 1 atom stereocenters. The van der Waals surface area contributed by atoms with Gasteiger partial charge in [-0.25, -0.2) is 0 Å². The Hall–Kier alpha value is -1.92. The molecule has 1 saturated heterocycles. The fourth-order valence-corrected chi connectivity index (χ4v) is 2.41. The SMILES string of the molecule is NC1C(c2ccccc2)=NN=C(N2CCCC2)N1O. The number of guanidine groups is 1. The quantitative estimate of drug-likeness (QED) is 0.783. The predicted octanol–water partition coefficient (Wildman–Crippen LogP) is 0.832. The van der Waals surface area contributed by atoms with E-state index in [2.05, 4.69) is 10.2 Å². The highest BCUT2D eigenvalue weighted by Crippen LogP contribution is 2.16. The number of likely N-dealkylation sites (tertiary alicyclic amines) is 1. The number of rotatable bonds is 1. The number of benzene rings is 1. The van der Waals surface area contributed by atoms with Crippen molar-refractivity contribution in [2.45, 2.75) is 19.0 Å². The third kappa shape index (κ3) is 2.20. The number of nitrogens with zero attached hydrogens (tertiary/aromatic N) is 4. The van der Waals surface area contributed by atoms with Crippen molar-refractivity contribution in [1.82, 2.24) is 9.96 Å². The molecule has 0 spiro atoms. The Kier molecular flexibility index (Phi) is 3.18. The molecule has 1 aromatic carbocycles. The van der Waals surface area contributed by atoms with Gasteiger partial charge in [-0.15, -0.1) is 10.2 Å². The molecule has 2 aliphatic heterocycles. The van der Waals surface area contributed by atoms with Gasteiger partial charge in [-0.05, 0) is 12.8 Å². The van der Waals surface area contributed by atoms with Crippen LogP contribution in [0.3, 0.4) is 0 Å². The predicted molar refractivity (Wildman–Crippen MR) is 72.8 cm³/mol. The van der Waals surface area contributed by atoms with Crippen LogP contribution in [0.2, 0.25) is 0 Å². The van der Waals surface area contributed by atoms with Gasteiger partial charge in [-0.2, -0.15) is 5.06 Å². The fourth-order valence-electron chi connectivity index (χ4n) is 2.41. The van der Waals surface area contributed by atoms with Crippen molar-refractivity contribution in [1.29, 1.82) is 0 Å². The second-order valence-electron chi connectivity index (χ2n) is 4.73. The summed E-state index contributed by atoms with van der Waals surface area (Å²) in [5, 5.41) is 19.5. The number of hydrogen-bond donors (Lipinski definition) is 2. The average molecular weight is 259 g/mol. The number of hydrogen-bond acceptors (Lipinski definition) is 6. The average Bonchev–Trinajstić information content (AvgIpc) is 2.97. The Morgan fingerprint density at radius 2 is 1.79 bits per heavy atom. The van der Waals surface area contributed by atoms with Crippen molar-refractivity contribution in [2.75, 3.05) is 13.1 Å². The summed E-state index contributed by atoms with van der Waals surface area (Å²) in [7, 11) is 0. The first-order valence-corrected chi connectivity index (χ1v) is 6.47. The first kappa shape index (κ1) is 12.1. The molecule has 0 saturated carbocycles. The Bertz CT molecular complexity index is 507. The maximum Gasteiger partial charge on any atom is 0.247 e. The highest BCUT2D eigenvalue weighted by Gasteiger charge is 2.31. The maximum atomic E-state index is 10.2. The van der Waals surface area contributed by atoms with Crippen LogP contribution in [0, 0.1) is 0 Å². The lowest BCUT2D eigenvalue weighted by atomic mass is 10.1. The lowest BCUT2D eigenvalue weighted by molar-refractivity contribution is -0.0447. The van der Waals surface area contributed by atoms with Gasteiger partial charge in [0, 0.05) is 18.7 Å². The van der Waals surface area contributed by atoms with Crippen molar-refractivity contribution in [3.8, 4) is 0 Å². The van der Waals surface area contributed by atoms with E-state index in [1.807, 2.05) is 35.2 Å². The lowest BCUT2D eigenvalue weighted by Crippen LogP contribution is -2.55. The van der Waals surface area contributed by atoms with Crippen LogP contribution in [-0.4, -0.2) is 46.1 Å². The van der Waals surface area contributed by atoms with Crippen molar-refractivity contribution in [3.63, 3.8) is 0 Å². The van der Waals surface area contributed by atoms with E-state index in [9.17, 15) is 5.21 Å². The van der Waals surface area contributed by atoms with Gasteiger partial charge in [0.25, 0.3) is 0 Å². The van der Waals surface area contributed by atoms with E-state index in [1.165, 1.54) is 0 Å². The van der Waals surface area contributed by atoms with Crippen molar-refractivity contribution in [3.05, 3.63) is 35.9 Å². The molecule has 1 aromatic rings. The van der Waals surface area contributed by atoms with Crippen LogP contribution in [0.25, 0.3) is 0 Å². The smallest absolute Gasteiger partial charge is 0.247 e. The molecule has 100 valence electrons. The molecule has 2 aliphatic rings. The monoisotopic (exact) mass is 259 g/mol. The lowest BCUT2D eigenvalue weighted by Gasteiger charge is -2.32. The minimum atomic E-state index is -0.685. The summed E-state index contributed by atoms with van der Waals surface area (Å²) in [6.07, 6.45) is 1.53. The van der Waals surface area contributed by atoms with E-state index < -0.39 is 6.17 Å². The van der Waals surface area contributed by atoms with Gasteiger partial charge in [0.2, 0.25) is 5.96 Å². The molecule has 0 aliphatic carbocycles. The normalized spacial score (nSPS) is 23.4. The molecule has 0 radical (unpaired) electrons. The molecule has 19 heavy (non-hydrogen) atoms. The Labute approximate surface area is 111 Å². The fraction of sp³-hybridized carbons (Fsp3) is 0.385. The van der Waals surface area contributed by atoms with Gasteiger partial charge >= 0.3 is 0 Å². The second-order valence-corrected chi connectivity index (χ2v) is 4.73. The zero-order valence-corrected chi connectivity index (χ0v) is 10.6. The van der Waals surface area contributed by atoms with E-state index in [0.29, 0.717) is 11.7 Å². The largest absolute Gasteiger partial charge is 0.339 e. The Morgan fingerprint density at radius 3 is 2.47 bits per heavy atom. The molecule has 1 unspecified atom stereocenters. The summed E-state index contributed by atoms with van der Waals surface area (Å²) in [5.41, 5.74) is 7.50. The van der Waals surface area contributed by atoms with E-state index >= 15 is 0 Å². The minimum absolute atomic E-state index is 0.449. The first-order valence-electron chi connectivity index (χ1n) is 6.47. The molecule has 2 heterocycles. The van der Waals surface area contributed by atoms with E-state index in [1.54, 1.807) is 0 Å². The van der Waals surface area contributed by atoms with Gasteiger partial charge in [0.1, 0.15) is 5.71 Å². The zero-order valence-electron chi connectivity index (χ0n) is 10.6. The number of hydroxylamine groups is 2. The Balaban J connectivity index is 1.91. The highest BCUT2D eigenvalue weighted by atomic mass is 16.5. The molecule has 0 amide bonds. The van der Waals surface area contributed by atoms with Gasteiger partial charge in [0.15, 0.2) is 6.17 Å². The van der Waals surface area contributed by atoms with E-state index in [4.69, 9.17) is 5.73 Å². The summed E-state index contributed by atoms with van der Waals surface area (Å²) >= 11 is 0. The van der Waals surface area contributed by atoms with Crippen LogP contribution in [0.1, 0.15) is 18.4 Å². The van der Waals surface area contributed by atoms with Gasteiger partial charge in [-0.3, -0.25) is 5.21 Å². The van der Waals surface area contributed by atoms with Crippen molar-refractivity contribution < 1.29 is 5.21 Å². The second kappa shape index (κ2) is 4.99. The summed E-state index contributed by atoms with van der Waals surface area (Å²) in [6, 6.07) is 9.55. The molecule has 3 N–H and O–H groups in total. The molecule has 6 heteroatoms. The van der Waals surface area contributed by atoms with Crippen LogP contribution in [0.4, 0.5) is 0 Å². The molecule has 1 fully saturated rings. The highest BCUT2D eigenvalue weighted by molar-refractivity contribution is 6.06. The summed E-state index contributed by atoms with van der Waals surface area (Å²) in [6.45, 7) is 1.78. The molecular weight excluding hydrogens is 242 g/mol. The van der Waals surface area contributed by atoms with Crippen LogP contribution in [0.15, 0.2) is 40.5 Å². The first-order chi connectivity index (χ1) is 9.27. The summed E-state index contributed by atoms with van der Waals surface area (Å²) < 4.78 is 0.